The molecule has 5 N–H and O–H groups in total. The Labute approximate surface area is 333 Å². The number of halogens is 1. The van der Waals surface area contributed by atoms with Gasteiger partial charge in [-0.1, -0.05) is 30.3 Å². The van der Waals surface area contributed by atoms with E-state index in [4.69, 9.17) is 4.74 Å². The molecule has 58 heavy (non-hydrogen) atoms. The van der Waals surface area contributed by atoms with Crippen LogP contribution in [0.15, 0.2) is 95.9 Å². The summed E-state index contributed by atoms with van der Waals surface area (Å²) in [5.41, 5.74) is 2.13. The van der Waals surface area contributed by atoms with Crippen molar-refractivity contribution in [3.63, 3.8) is 0 Å². The van der Waals surface area contributed by atoms with E-state index in [0.717, 1.165) is 5.69 Å². The standard InChI is InChI=1S/C42H43FN10O5/c1-42(2,57)35-9-6-10-36(47-35)48-37-32(38(54)44-17-22-58-3)25-45-41(49-37)46-27-12-14-28(15-13-27)52-18-20-53(21-19-52)40(56)31-23-26(11-16-33(31)43)24-34-29-7-4-5-8-30(29)39(55)51-50-34/h4-16,23,25,57H,17-22,24H2,1-3H3,(H,44,54)(H,51,55)(H2,45,46,47,48,49). The Morgan fingerprint density at radius 2 is 1.67 bits per heavy atom. The summed E-state index contributed by atoms with van der Waals surface area (Å²) in [6.07, 6.45) is 1.73. The molecule has 0 spiro atoms. The summed E-state index contributed by atoms with van der Waals surface area (Å²) in [7, 11) is 1.55. The van der Waals surface area contributed by atoms with Gasteiger partial charge in [0.15, 0.2) is 0 Å². The number of anilines is 5. The Bertz CT molecular complexity index is 2500. The maximum Gasteiger partial charge on any atom is 0.272 e. The molecule has 1 saturated heterocycles. The van der Waals surface area contributed by atoms with E-state index in [2.05, 4.69) is 46.0 Å². The lowest BCUT2D eigenvalue weighted by Gasteiger charge is -2.36. The molecule has 15 nitrogen and oxygen atoms in total. The van der Waals surface area contributed by atoms with Crippen molar-refractivity contribution in [2.45, 2.75) is 25.9 Å². The minimum Gasteiger partial charge on any atom is -0.384 e. The highest BCUT2D eigenvalue weighted by Gasteiger charge is 2.25. The van der Waals surface area contributed by atoms with Gasteiger partial charge < -0.3 is 35.6 Å². The van der Waals surface area contributed by atoms with Gasteiger partial charge in [0.2, 0.25) is 5.95 Å². The van der Waals surface area contributed by atoms with Crippen LogP contribution in [0.25, 0.3) is 10.8 Å². The second kappa shape index (κ2) is 17.2. The zero-order chi connectivity index (χ0) is 40.8. The van der Waals surface area contributed by atoms with E-state index in [1.54, 1.807) is 68.3 Å². The zero-order valence-corrected chi connectivity index (χ0v) is 32.3. The molecule has 4 heterocycles. The van der Waals surface area contributed by atoms with E-state index in [1.165, 1.54) is 12.3 Å². The number of methoxy groups -OCH3 is 1. The van der Waals surface area contributed by atoms with Crippen molar-refractivity contribution in [2.75, 3.05) is 62.0 Å². The van der Waals surface area contributed by atoms with Crippen LogP contribution in [0, 0.1) is 5.82 Å². The fourth-order valence-corrected chi connectivity index (χ4v) is 6.60. The van der Waals surface area contributed by atoms with E-state index in [9.17, 15) is 19.5 Å². The molecule has 2 amide bonds. The van der Waals surface area contributed by atoms with Gasteiger partial charge in [-0.3, -0.25) is 14.4 Å². The molecule has 298 valence electrons. The Morgan fingerprint density at radius 1 is 0.914 bits per heavy atom. The van der Waals surface area contributed by atoms with Crippen LogP contribution in [0.2, 0.25) is 0 Å². The number of aromatic amines is 1. The molecule has 1 fully saturated rings. The lowest BCUT2D eigenvalue weighted by Crippen LogP contribution is -2.49. The van der Waals surface area contributed by atoms with E-state index >= 15 is 4.39 Å². The van der Waals surface area contributed by atoms with Crippen LogP contribution in [0.5, 0.6) is 0 Å². The fourth-order valence-electron chi connectivity index (χ4n) is 6.60. The third-order valence-electron chi connectivity index (χ3n) is 9.71. The molecule has 3 aromatic carbocycles. The summed E-state index contributed by atoms with van der Waals surface area (Å²) in [5.74, 6) is -0.553. The van der Waals surface area contributed by atoms with Crippen LogP contribution in [0.3, 0.4) is 0 Å². The van der Waals surface area contributed by atoms with Gasteiger partial charge in [-0.2, -0.15) is 10.1 Å². The highest BCUT2D eigenvalue weighted by atomic mass is 19.1. The molecule has 3 aromatic heterocycles. The number of hydrogen-bond acceptors (Lipinski definition) is 12. The highest BCUT2D eigenvalue weighted by molar-refractivity contribution is 5.99. The normalized spacial score (nSPS) is 13.1. The lowest BCUT2D eigenvalue weighted by atomic mass is 10.0. The third kappa shape index (κ3) is 9.09. The number of nitrogens with one attached hydrogen (secondary N) is 4. The lowest BCUT2D eigenvalue weighted by molar-refractivity contribution is 0.0734. The van der Waals surface area contributed by atoms with Crippen LogP contribution in [0.1, 0.15) is 51.5 Å². The van der Waals surface area contributed by atoms with Crippen molar-refractivity contribution >= 4 is 51.5 Å². The summed E-state index contributed by atoms with van der Waals surface area (Å²) in [6, 6.07) is 24.5. The molecule has 1 aliphatic heterocycles. The summed E-state index contributed by atoms with van der Waals surface area (Å²) in [5, 5.41) is 27.5. The molecular weight excluding hydrogens is 744 g/mol. The Hall–Kier alpha value is -6.78. The van der Waals surface area contributed by atoms with Crippen LogP contribution in [-0.2, 0) is 16.8 Å². The Balaban J connectivity index is 0.998. The van der Waals surface area contributed by atoms with Crippen LogP contribution in [-0.4, -0.2) is 93.4 Å². The number of amides is 2. The van der Waals surface area contributed by atoms with Gasteiger partial charge in [0.05, 0.1) is 28.9 Å². The average Bonchev–Trinajstić information content (AvgIpc) is 3.23. The number of aliphatic hydroxyl groups is 1. The molecule has 0 saturated carbocycles. The molecule has 1 aliphatic rings. The number of carbonyl (C=O) groups is 2. The molecule has 0 bridgehead atoms. The highest BCUT2D eigenvalue weighted by Crippen LogP contribution is 2.26. The van der Waals surface area contributed by atoms with E-state index in [0.29, 0.717) is 85.0 Å². The Kier molecular flexibility index (Phi) is 11.7. The number of rotatable bonds is 13. The summed E-state index contributed by atoms with van der Waals surface area (Å²) < 4.78 is 20.1. The van der Waals surface area contributed by atoms with E-state index in [1.807, 2.05) is 36.4 Å². The smallest absolute Gasteiger partial charge is 0.272 e. The number of fused-ring (bicyclic) bond motifs is 1. The quantitative estimate of drug-likeness (QED) is 0.0999. The number of benzene rings is 3. The minimum absolute atomic E-state index is 0.00525. The molecule has 0 atom stereocenters. The molecular formula is C42H43FN10O5. The molecule has 0 unspecified atom stereocenters. The zero-order valence-electron chi connectivity index (χ0n) is 32.3. The van der Waals surface area contributed by atoms with Gasteiger partial charge in [0.1, 0.15) is 28.6 Å². The molecule has 0 radical (unpaired) electrons. The summed E-state index contributed by atoms with van der Waals surface area (Å²) >= 11 is 0. The largest absolute Gasteiger partial charge is 0.384 e. The third-order valence-corrected chi connectivity index (χ3v) is 9.71. The molecule has 6 aromatic rings. The van der Waals surface area contributed by atoms with Gasteiger partial charge in [-0.25, -0.2) is 19.5 Å². The Morgan fingerprint density at radius 3 is 2.41 bits per heavy atom. The van der Waals surface area contributed by atoms with Gasteiger partial charge in [0.25, 0.3) is 17.4 Å². The average molecular weight is 787 g/mol. The van der Waals surface area contributed by atoms with Crippen molar-refractivity contribution in [1.29, 1.82) is 0 Å². The van der Waals surface area contributed by atoms with Crippen molar-refractivity contribution < 1.29 is 23.8 Å². The van der Waals surface area contributed by atoms with Crippen molar-refractivity contribution in [3.05, 3.63) is 135 Å². The number of aromatic nitrogens is 5. The monoisotopic (exact) mass is 786 g/mol. The number of pyridine rings is 1. The first-order valence-electron chi connectivity index (χ1n) is 18.7. The van der Waals surface area contributed by atoms with Gasteiger partial charge >= 0.3 is 0 Å². The van der Waals surface area contributed by atoms with Gasteiger partial charge in [-0.15, -0.1) is 0 Å². The topological polar surface area (TPSA) is 191 Å². The number of H-pyrrole nitrogens is 1. The first-order chi connectivity index (χ1) is 28.0. The number of nitrogens with zero attached hydrogens (tertiary/aromatic N) is 6. The number of ether oxygens (including phenoxy) is 1. The predicted molar refractivity (Wildman–Crippen MR) is 218 cm³/mol. The molecule has 16 heteroatoms. The molecule has 0 aliphatic carbocycles. The summed E-state index contributed by atoms with van der Waals surface area (Å²) in [4.78, 5) is 56.2. The minimum atomic E-state index is -1.18. The predicted octanol–water partition coefficient (Wildman–Crippen LogP) is 4.89. The van der Waals surface area contributed by atoms with E-state index < -0.39 is 17.3 Å². The number of carbonyl (C=O) groups excluding carboxylic acids is 2. The van der Waals surface area contributed by atoms with Crippen LogP contribution in [0.4, 0.5) is 33.3 Å². The van der Waals surface area contributed by atoms with Crippen molar-refractivity contribution in [2.24, 2.45) is 0 Å². The fraction of sp³-hybridized carbons (Fsp3) is 0.262. The van der Waals surface area contributed by atoms with Crippen molar-refractivity contribution in [3.8, 4) is 0 Å². The maximum absolute atomic E-state index is 15.1. The van der Waals surface area contributed by atoms with Crippen LogP contribution < -0.4 is 26.4 Å². The van der Waals surface area contributed by atoms with E-state index in [-0.39, 0.29) is 34.4 Å². The molecule has 7 rings (SSSR count). The van der Waals surface area contributed by atoms with Crippen LogP contribution >= 0.6 is 0 Å². The van der Waals surface area contributed by atoms with Gasteiger partial charge in [0, 0.05) is 69.2 Å². The number of hydrogen-bond donors (Lipinski definition) is 5. The SMILES string of the molecule is COCCNC(=O)c1cnc(Nc2ccc(N3CCN(C(=O)c4cc(Cc5n[nH]c(=O)c6ccccc56)ccc4F)CC3)cc2)nc1Nc1cccc(C(C)(C)O)n1. The summed E-state index contributed by atoms with van der Waals surface area (Å²) in [6.45, 7) is 5.78. The second-order valence-corrected chi connectivity index (χ2v) is 14.3. The first-order valence-corrected chi connectivity index (χ1v) is 18.7. The number of piperazine rings is 1. The van der Waals surface area contributed by atoms with Crippen molar-refractivity contribution in [1.82, 2.24) is 35.4 Å². The second-order valence-electron chi connectivity index (χ2n) is 14.3. The maximum atomic E-state index is 15.1. The first kappa shape index (κ1) is 39.5. The van der Waals surface area contributed by atoms with Gasteiger partial charge in [-0.05, 0) is 74.0 Å².